The van der Waals surface area contributed by atoms with Crippen LogP contribution in [-0.4, -0.2) is 33.6 Å². The molecule has 0 aliphatic rings. The molecule has 0 fully saturated rings. The molecular weight excluding hydrogens is 242 g/mol. The van der Waals surface area contributed by atoms with Crippen molar-refractivity contribution in [2.75, 3.05) is 27.8 Å². The third-order valence-electron chi connectivity index (χ3n) is 2.48. The standard InChI is InChI=1S/C12H16ClNO3/c1-7-10(16-3)5-8(9(15)6-14-2)12(17-4)11(7)13/h5,14H,6H2,1-4H3. The summed E-state index contributed by atoms with van der Waals surface area (Å²) in [5.74, 6) is 0.880. The molecule has 17 heavy (non-hydrogen) atoms. The second kappa shape index (κ2) is 5.89. The average Bonchev–Trinajstić information content (AvgIpc) is 2.32. The monoisotopic (exact) mass is 257 g/mol. The third-order valence-corrected chi connectivity index (χ3v) is 2.94. The van der Waals surface area contributed by atoms with Crippen LogP contribution in [0.25, 0.3) is 0 Å². The number of hydrogen-bond donors (Lipinski definition) is 1. The Kier molecular flexibility index (Phi) is 4.78. The number of nitrogens with one attached hydrogen (secondary N) is 1. The SMILES string of the molecule is CNCC(=O)c1cc(OC)c(C)c(Cl)c1OC. The lowest BCUT2D eigenvalue weighted by molar-refractivity contribution is 0.0990. The van der Waals surface area contributed by atoms with Crippen molar-refractivity contribution < 1.29 is 14.3 Å². The van der Waals surface area contributed by atoms with Gasteiger partial charge >= 0.3 is 0 Å². The lowest BCUT2D eigenvalue weighted by atomic mass is 10.1. The van der Waals surface area contributed by atoms with Gasteiger partial charge in [-0.1, -0.05) is 11.6 Å². The first-order chi connectivity index (χ1) is 8.06. The molecule has 1 rings (SSSR count). The number of ether oxygens (including phenoxy) is 2. The van der Waals surface area contributed by atoms with Gasteiger partial charge < -0.3 is 14.8 Å². The minimum absolute atomic E-state index is 0.0930. The van der Waals surface area contributed by atoms with Crippen LogP contribution in [0.5, 0.6) is 11.5 Å². The maximum Gasteiger partial charge on any atom is 0.180 e. The lowest BCUT2D eigenvalue weighted by Gasteiger charge is -2.14. The summed E-state index contributed by atoms with van der Waals surface area (Å²) >= 11 is 6.15. The number of halogens is 1. The number of carbonyl (C=O) groups is 1. The van der Waals surface area contributed by atoms with Crippen molar-refractivity contribution in [1.82, 2.24) is 5.32 Å². The summed E-state index contributed by atoms with van der Waals surface area (Å²) < 4.78 is 10.4. The molecule has 1 aromatic rings. The summed E-state index contributed by atoms with van der Waals surface area (Å²) in [6, 6.07) is 1.65. The van der Waals surface area contributed by atoms with Gasteiger partial charge in [0.1, 0.15) is 11.5 Å². The Morgan fingerprint density at radius 1 is 1.41 bits per heavy atom. The number of benzene rings is 1. The van der Waals surface area contributed by atoms with Crippen molar-refractivity contribution in [1.29, 1.82) is 0 Å². The zero-order chi connectivity index (χ0) is 13.0. The molecular formula is C12H16ClNO3. The van der Waals surface area contributed by atoms with E-state index in [1.807, 2.05) is 6.92 Å². The van der Waals surface area contributed by atoms with Gasteiger partial charge in [-0.3, -0.25) is 4.79 Å². The number of carbonyl (C=O) groups excluding carboxylic acids is 1. The van der Waals surface area contributed by atoms with Gasteiger partial charge in [0.15, 0.2) is 5.78 Å². The van der Waals surface area contributed by atoms with Crippen molar-refractivity contribution >= 4 is 17.4 Å². The van der Waals surface area contributed by atoms with Gasteiger partial charge in [0.05, 0.1) is 31.4 Å². The largest absolute Gasteiger partial charge is 0.496 e. The molecule has 94 valence electrons. The Hall–Kier alpha value is -1.26. The number of rotatable bonds is 5. The van der Waals surface area contributed by atoms with Gasteiger partial charge in [0.25, 0.3) is 0 Å². The molecule has 4 nitrogen and oxygen atoms in total. The topological polar surface area (TPSA) is 47.6 Å². The fourth-order valence-electron chi connectivity index (χ4n) is 1.58. The van der Waals surface area contributed by atoms with Crippen LogP contribution in [0.3, 0.4) is 0 Å². The maximum absolute atomic E-state index is 11.9. The Bertz CT molecular complexity index is 432. The van der Waals surface area contributed by atoms with Crippen molar-refractivity contribution in [3.63, 3.8) is 0 Å². The molecule has 0 unspecified atom stereocenters. The molecule has 0 aliphatic carbocycles. The highest BCUT2D eigenvalue weighted by molar-refractivity contribution is 6.33. The van der Waals surface area contributed by atoms with Crippen LogP contribution in [0, 0.1) is 6.92 Å². The Labute approximate surface area is 106 Å². The van der Waals surface area contributed by atoms with Crippen LogP contribution in [0.4, 0.5) is 0 Å². The quantitative estimate of drug-likeness (QED) is 0.821. The number of Topliss-reactive ketones (excluding diaryl/α,β-unsaturated/α-hetero) is 1. The van der Waals surface area contributed by atoms with Gasteiger partial charge in [-0.2, -0.15) is 0 Å². The van der Waals surface area contributed by atoms with Crippen molar-refractivity contribution in [2.24, 2.45) is 0 Å². The Balaban J connectivity index is 3.37. The van der Waals surface area contributed by atoms with Crippen LogP contribution in [0.1, 0.15) is 15.9 Å². The molecule has 1 aromatic carbocycles. The van der Waals surface area contributed by atoms with Crippen LogP contribution >= 0.6 is 11.6 Å². The van der Waals surface area contributed by atoms with E-state index in [0.717, 1.165) is 5.56 Å². The number of methoxy groups -OCH3 is 2. The predicted octanol–water partition coefficient (Wildman–Crippen LogP) is 2.07. The number of hydrogen-bond acceptors (Lipinski definition) is 4. The molecule has 1 N–H and O–H groups in total. The molecule has 0 aromatic heterocycles. The number of ketones is 1. The smallest absolute Gasteiger partial charge is 0.180 e. The maximum atomic E-state index is 11.9. The second-order valence-corrected chi connectivity index (χ2v) is 3.93. The molecule has 0 radical (unpaired) electrons. The summed E-state index contributed by atoms with van der Waals surface area (Å²) in [5, 5.41) is 3.21. The van der Waals surface area contributed by atoms with Gasteiger partial charge in [-0.25, -0.2) is 0 Å². The lowest BCUT2D eigenvalue weighted by Crippen LogP contribution is -2.19. The average molecular weight is 258 g/mol. The highest BCUT2D eigenvalue weighted by Crippen LogP contribution is 2.37. The Morgan fingerprint density at radius 3 is 2.53 bits per heavy atom. The predicted molar refractivity (Wildman–Crippen MR) is 67.6 cm³/mol. The van der Waals surface area contributed by atoms with Gasteiger partial charge in [0, 0.05) is 5.56 Å². The van der Waals surface area contributed by atoms with Crippen LogP contribution in [0.15, 0.2) is 6.07 Å². The van der Waals surface area contributed by atoms with Crippen LogP contribution < -0.4 is 14.8 Å². The molecule has 0 spiro atoms. The minimum atomic E-state index is -0.0930. The zero-order valence-electron chi connectivity index (χ0n) is 10.4. The van der Waals surface area contributed by atoms with Crippen LogP contribution in [-0.2, 0) is 0 Å². The Morgan fingerprint density at radius 2 is 2.06 bits per heavy atom. The summed E-state index contributed by atoms with van der Waals surface area (Å²) in [4.78, 5) is 11.9. The van der Waals surface area contributed by atoms with E-state index in [0.29, 0.717) is 22.1 Å². The summed E-state index contributed by atoms with van der Waals surface area (Å²) in [6.45, 7) is 2.04. The molecule has 0 amide bonds. The van der Waals surface area contributed by atoms with Crippen molar-refractivity contribution in [3.8, 4) is 11.5 Å². The summed E-state index contributed by atoms with van der Waals surface area (Å²) in [7, 11) is 4.73. The van der Waals surface area contributed by atoms with Crippen LogP contribution in [0.2, 0.25) is 5.02 Å². The third kappa shape index (κ3) is 2.70. The van der Waals surface area contributed by atoms with Gasteiger partial charge in [-0.05, 0) is 20.0 Å². The first-order valence-electron chi connectivity index (χ1n) is 5.15. The van der Waals surface area contributed by atoms with E-state index >= 15 is 0 Å². The number of likely N-dealkylation sites (N-methyl/N-ethyl adjacent to an activating group) is 1. The minimum Gasteiger partial charge on any atom is -0.496 e. The summed E-state index contributed by atoms with van der Waals surface area (Å²) in [5.41, 5.74) is 1.18. The van der Waals surface area contributed by atoms with Gasteiger partial charge in [0.2, 0.25) is 0 Å². The molecule has 0 aliphatic heterocycles. The van der Waals surface area contributed by atoms with E-state index < -0.39 is 0 Å². The van der Waals surface area contributed by atoms with Crippen molar-refractivity contribution in [3.05, 3.63) is 22.2 Å². The first kappa shape index (κ1) is 13.8. The van der Waals surface area contributed by atoms with E-state index in [1.54, 1.807) is 13.1 Å². The van der Waals surface area contributed by atoms with Gasteiger partial charge in [-0.15, -0.1) is 0 Å². The first-order valence-corrected chi connectivity index (χ1v) is 5.53. The van der Waals surface area contributed by atoms with E-state index in [-0.39, 0.29) is 12.3 Å². The zero-order valence-corrected chi connectivity index (χ0v) is 11.1. The van der Waals surface area contributed by atoms with Crippen molar-refractivity contribution in [2.45, 2.75) is 6.92 Å². The fraction of sp³-hybridized carbons (Fsp3) is 0.417. The highest BCUT2D eigenvalue weighted by Gasteiger charge is 2.19. The second-order valence-electron chi connectivity index (χ2n) is 3.55. The van der Waals surface area contributed by atoms with E-state index in [1.165, 1.54) is 14.2 Å². The summed E-state index contributed by atoms with van der Waals surface area (Å²) in [6.07, 6.45) is 0. The molecule has 0 atom stereocenters. The molecule has 0 heterocycles. The van der Waals surface area contributed by atoms with E-state index in [4.69, 9.17) is 21.1 Å². The molecule has 5 heteroatoms. The molecule has 0 saturated carbocycles. The molecule has 0 bridgehead atoms. The van der Waals surface area contributed by atoms with E-state index in [9.17, 15) is 4.79 Å². The highest BCUT2D eigenvalue weighted by atomic mass is 35.5. The molecule has 0 saturated heterocycles. The fourth-order valence-corrected chi connectivity index (χ4v) is 1.85. The van der Waals surface area contributed by atoms with E-state index in [2.05, 4.69) is 5.32 Å². The normalized spacial score (nSPS) is 10.2.